The van der Waals surface area contributed by atoms with Gasteiger partial charge in [-0.3, -0.25) is 0 Å². The van der Waals surface area contributed by atoms with E-state index in [1.807, 2.05) is 12.1 Å². The van der Waals surface area contributed by atoms with Gasteiger partial charge < -0.3 is 19.3 Å². The van der Waals surface area contributed by atoms with Crippen molar-refractivity contribution in [3.05, 3.63) is 64.1 Å². The number of aliphatic hydroxyl groups is 1. The van der Waals surface area contributed by atoms with Gasteiger partial charge in [-0.05, 0) is 18.2 Å². The van der Waals surface area contributed by atoms with Crippen LogP contribution in [0.4, 0.5) is 0 Å². The number of para-hydroxylation sites is 1. The number of hydrogen-bond acceptors (Lipinski definition) is 5. The topological polar surface area (TPSA) is 71.7 Å². The maximum Gasteiger partial charge on any atom is 0.161 e. The largest absolute Gasteiger partial charge is 0.493 e. The van der Waals surface area contributed by atoms with Crippen molar-refractivity contribution in [2.75, 3.05) is 14.2 Å². The van der Waals surface area contributed by atoms with Gasteiger partial charge in [0.2, 0.25) is 0 Å². The lowest BCUT2D eigenvalue weighted by atomic mass is 10.0. The first-order valence-corrected chi connectivity index (χ1v) is 8.20. The first-order valence-electron chi connectivity index (χ1n) is 7.40. The predicted octanol–water partition coefficient (Wildman–Crippen LogP) is 4.16. The molecule has 2 aromatic rings. The number of halogens is 1. The Balaban J connectivity index is 2.26. The van der Waals surface area contributed by atoms with E-state index in [1.54, 1.807) is 44.6 Å². The average Bonchev–Trinajstić information content (AvgIpc) is 2.65. The summed E-state index contributed by atoms with van der Waals surface area (Å²) in [6, 6.07) is 12.5. The summed E-state index contributed by atoms with van der Waals surface area (Å²) in [6.07, 6.45) is -1.10. The number of aliphatic hydroxyl groups excluding tert-OH is 1. The van der Waals surface area contributed by atoms with Crippen LogP contribution in [0.2, 0.25) is 0 Å². The third kappa shape index (κ3) is 4.32. The van der Waals surface area contributed by atoms with Crippen LogP contribution in [-0.2, 0) is 6.61 Å². The molecular formula is C19H18BrNO4. The summed E-state index contributed by atoms with van der Waals surface area (Å²) in [5.74, 6) is 1.68. The highest BCUT2D eigenvalue weighted by Crippen LogP contribution is 2.35. The van der Waals surface area contributed by atoms with Gasteiger partial charge in [0.1, 0.15) is 18.5 Å². The summed E-state index contributed by atoms with van der Waals surface area (Å²) in [5, 5.41) is 19.2. The number of ether oxygens (including phenoxy) is 3. The van der Waals surface area contributed by atoms with Crippen molar-refractivity contribution in [3.63, 3.8) is 0 Å². The molecule has 1 N–H and O–H groups in total. The average molecular weight is 404 g/mol. The zero-order chi connectivity index (χ0) is 18.4. The molecule has 0 aromatic heterocycles. The first-order chi connectivity index (χ1) is 12.0. The Kier molecular flexibility index (Phi) is 6.45. The monoisotopic (exact) mass is 403 g/mol. The van der Waals surface area contributed by atoms with E-state index < -0.39 is 6.10 Å². The van der Waals surface area contributed by atoms with Gasteiger partial charge in [-0.2, -0.15) is 5.26 Å². The lowest BCUT2D eigenvalue weighted by molar-refractivity contribution is 0.209. The number of hydrogen-bond donors (Lipinski definition) is 1. The number of nitrogens with zero attached hydrogens (tertiary/aromatic N) is 1. The highest BCUT2D eigenvalue weighted by Gasteiger charge is 2.17. The third-order valence-corrected chi connectivity index (χ3v) is 4.36. The molecule has 0 saturated carbocycles. The Hall–Kier alpha value is -2.49. The molecule has 0 aliphatic heterocycles. The SMILES string of the molecule is C=C(C#N)C(O)c1ccccc1OCc1cc(OC)c(OC)cc1Br. The van der Waals surface area contributed by atoms with Crippen LogP contribution in [0.25, 0.3) is 0 Å². The molecule has 0 fully saturated rings. The summed E-state index contributed by atoms with van der Waals surface area (Å²) in [5.41, 5.74) is 1.40. The fourth-order valence-corrected chi connectivity index (χ4v) is 2.69. The Morgan fingerprint density at radius 3 is 2.48 bits per heavy atom. The Morgan fingerprint density at radius 1 is 1.20 bits per heavy atom. The minimum atomic E-state index is -1.10. The molecule has 6 heteroatoms. The molecule has 25 heavy (non-hydrogen) atoms. The van der Waals surface area contributed by atoms with Crippen molar-refractivity contribution >= 4 is 15.9 Å². The maximum absolute atomic E-state index is 10.2. The third-order valence-electron chi connectivity index (χ3n) is 3.62. The molecule has 0 bridgehead atoms. The quantitative estimate of drug-likeness (QED) is 0.702. The van der Waals surface area contributed by atoms with Gasteiger partial charge in [0.05, 0.1) is 25.9 Å². The maximum atomic E-state index is 10.2. The van der Waals surface area contributed by atoms with Crippen molar-refractivity contribution in [1.29, 1.82) is 5.26 Å². The van der Waals surface area contributed by atoms with Crippen LogP contribution < -0.4 is 14.2 Å². The molecule has 0 amide bonds. The molecule has 1 atom stereocenters. The second-order valence-electron chi connectivity index (χ2n) is 5.16. The normalized spacial score (nSPS) is 11.3. The van der Waals surface area contributed by atoms with Gasteiger partial charge in [0.25, 0.3) is 0 Å². The number of methoxy groups -OCH3 is 2. The van der Waals surface area contributed by atoms with Crippen LogP contribution in [0, 0.1) is 11.3 Å². The summed E-state index contributed by atoms with van der Waals surface area (Å²) < 4.78 is 17.2. The zero-order valence-corrected chi connectivity index (χ0v) is 15.5. The standard InChI is InChI=1S/C19H18BrNO4/c1-12(10-21)19(22)14-6-4-5-7-16(14)25-11-13-8-17(23-2)18(24-3)9-15(13)20/h4-9,19,22H,1,11H2,2-3H3. The predicted molar refractivity (Wildman–Crippen MR) is 97.7 cm³/mol. The van der Waals surface area contributed by atoms with Crippen LogP contribution in [-0.4, -0.2) is 19.3 Å². The fraction of sp³-hybridized carbons (Fsp3) is 0.211. The highest BCUT2D eigenvalue weighted by atomic mass is 79.9. The van der Waals surface area contributed by atoms with Crippen LogP contribution in [0.5, 0.6) is 17.2 Å². The van der Waals surface area contributed by atoms with E-state index >= 15 is 0 Å². The van der Waals surface area contributed by atoms with Gasteiger partial charge in [0.15, 0.2) is 11.5 Å². The second kappa shape index (κ2) is 8.56. The van der Waals surface area contributed by atoms with Crippen molar-refractivity contribution in [3.8, 4) is 23.3 Å². The van der Waals surface area contributed by atoms with E-state index in [4.69, 9.17) is 19.5 Å². The molecule has 0 spiro atoms. The van der Waals surface area contributed by atoms with Crippen LogP contribution >= 0.6 is 15.9 Å². The lowest BCUT2D eigenvalue weighted by Gasteiger charge is -2.16. The molecule has 2 aromatic carbocycles. The van der Waals surface area contributed by atoms with Crippen LogP contribution in [0.1, 0.15) is 17.2 Å². The van der Waals surface area contributed by atoms with E-state index in [0.29, 0.717) is 22.8 Å². The van der Waals surface area contributed by atoms with Crippen molar-refractivity contribution in [2.24, 2.45) is 0 Å². The minimum Gasteiger partial charge on any atom is -0.493 e. The number of benzene rings is 2. The fourth-order valence-electron chi connectivity index (χ4n) is 2.25. The first kappa shape index (κ1) is 18.8. The Morgan fingerprint density at radius 2 is 1.84 bits per heavy atom. The van der Waals surface area contributed by atoms with Crippen LogP contribution in [0.3, 0.4) is 0 Å². The van der Waals surface area contributed by atoms with E-state index in [0.717, 1.165) is 10.0 Å². The number of rotatable bonds is 7. The molecule has 1 unspecified atom stereocenters. The summed E-state index contributed by atoms with van der Waals surface area (Å²) in [6.45, 7) is 3.80. The number of nitriles is 1. The van der Waals surface area contributed by atoms with E-state index in [9.17, 15) is 5.11 Å². The van der Waals surface area contributed by atoms with Gasteiger partial charge in [0, 0.05) is 15.6 Å². The summed E-state index contributed by atoms with van der Waals surface area (Å²) in [4.78, 5) is 0. The second-order valence-corrected chi connectivity index (χ2v) is 6.02. The molecule has 0 saturated heterocycles. The van der Waals surface area contributed by atoms with Gasteiger partial charge >= 0.3 is 0 Å². The molecule has 0 radical (unpaired) electrons. The molecule has 0 aliphatic rings. The van der Waals surface area contributed by atoms with Gasteiger partial charge in [-0.15, -0.1) is 0 Å². The van der Waals surface area contributed by atoms with E-state index in [2.05, 4.69) is 22.5 Å². The van der Waals surface area contributed by atoms with Gasteiger partial charge in [-0.1, -0.05) is 40.7 Å². The van der Waals surface area contributed by atoms with Crippen LogP contribution in [0.15, 0.2) is 53.0 Å². The van der Waals surface area contributed by atoms with Crippen molar-refractivity contribution < 1.29 is 19.3 Å². The van der Waals surface area contributed by atoms with E-state index in [1.165, 1.54) is 0 Å². The minimum absolute atomic E-state index is 0.0587. The van der Waals surface area contributed by atoms with Gasteiger partial charge in [-0.25, -0.2) is 0 Å². The van der Waals surface area contributed by atoms with E-state index in [-0.39, 0.29) is 12.2 Å². The highest BCUT2D eigenvalue weighted by molar-refractivity contribution is 9.10. The molecule has 0 aliphatic carbocycles. The zero-order valence-electron chi connectivity index (χ0n) is 14.0. The smallest absolute Gasteiger partial charge is 0.161 e. The Labute approximate surface area is 155 Å². The molecule has 0 heterocycles. The molecule has 5 nitrogen and oxygen atoms in total. The molecule has 130 valence electrons. The Bertz CT molecular complexity index is 814. The molecular weight excluding hydrogens is 386 g/mol. The molecule has 2 rings (SSSR count). The van der Waals surface area contributed by atoms with Crippen molar-refractivity contribution in [1.82, 2.24) is 0 Å². The lowest BCUT2D eigenvalue weighted by Crippen LogP contribution is -2.05. The van der Waals surface area contributed by atoms with Crippen molar-refractivity contribution in [2.45, 2.75) is 12.7 Å². The summed E-state index contributed by atoms with van der Waals surface area (Å²) >= 11 is 3.48. The summed E-state index contributed by atoms with van der Waals surface area (Å²) in [7, 11) is 3.13.